The average Bonchev–Trinajstić information content (AvgIpc) is 3.18. The van der Waals surface area contributed by atoms with Gasteiger partial charge in [0.05, 0.1) is 11.0 Å². The first-order valence-corrected chi connectivity index (χ1v) is 11.6. The Hall–Kier alpha value is -3.72. The zero-order valence-corrected chi connectivity index (χ0v) is 19.7. The smallest absolute Gasteiger partial charge is 0.160 e. The van der Waals surface area contributed by atoms with Crippen molar-refractivity contribution < 1.29 is 0 Å². The molecule has 0 atom stereocenters. The van der Waals surface area contributed by atoms with Crippen molar-refractivity contribution in [3.05, 3.63) is 107 Å². The van der Waals surface area contributed by atoms with Crippen molar-refractivity contribution in [1.82, 2.24) is 14.5 Å². The normalized spacial score (nSPS) is 11.4. The van der Waals surface area contributed by atoms with E-state index in [-0.39, 0.29) is 0 Å². The monoisotopic (exact) mass is 431 g/mol. The first kappa shape index (κ1) is 21.1. The molecule has 0 fully saturated rings. The quantitative estimate of drug-likeness (QED) is 0.287. The van der Waals surface area contributed by atoms with E-state index in [4.69, 9.17) is 4.98 Å². The van der Waals surface area contributed by atoms with Crippen molar-refractivity contribution in [3.63, 3.8) is 0 Å². The first-order valence-electron chi connectivity index (χ1n) is 11.6. The van der Waals surface area contributed by atoms with E-state index in [1.807, 2.05) is 24.4 Å². The van der Waals surface area contributed by atoms with E-state index in [1.54, 1.807) is 0 Å². The lowest BCUT2D eigenvalue weighted by molar-refractivity contribution is 0.830. The molecule has 0 N–H and O–H groups in total. The number of hydrogen-bond donors (Lipinski definition) is 0. The van der Waals surface area contributed by atoms with Gasteiger partial charge in [0.1, 0.15) is 5.69 Å². The third-order valence-corrected chi connectivity index (χ3v) is 6.49. The van der Waals surface area contributed by atoms with Crippen LogP contribution in [0.1, 0.15) is 42.0 Å². The molecular weight excluding hydrogens is 402 g/mol. The Morgan fingerprint density at radius 2 is 1.58 bits per heavy atom. The fourth-order valence-electron chi connectivity index (χ4n) is 4.66. The van der Waals surface area contributed by atoms with E-state index in [0.29, 0.717) is 5.92 Å². The minimum Gasteiger partial charge on any atom is -0.318 e. The van der Waals surface area contributed by atoms with Gasteiger partial charge in [0.15, 0.2) is 5.82 Å². The molecule has 0 aliphatic rings. The van der Waals surface area contributed by atoms with Crippen LogP contribution < -0.4 is 0 Å². The van der Waals surface area contributed by atoms with Gasteiger partial charge in [-0.15, -0.1) is 0 Å². The number of benzene rings is 3. The van der Waals surface area contributed by atoms with Crippen LogP contribution in [-0.4, -0.2) is 14.5 Å². The fourth-order valence-corrected chi connectivity index (χ4v) is 4.66. The highest BCUT2D eigenvalue weighted by Gasteiger charge is 2.21. The van der Waals surface area contributed by atoms with Gasteiger partial charge < -0.3 is 4.57 Å². The van der Waals surface area contributed by atoms with Crippen LogP contribution in [0, 0.1) is 13.8 Å². The molecular formula is C30H29N3. The predicted molar refractivity (Wildman–Crippen MR) is 138 cm³/mol. The third-order valence-electron chi connectivity index (χ3n) is 6.49. The maximum absolute atomic E-state index is 5.26. The van der Waals surface area contributed by atoms with Crippen LogP contribution in [0.5, 0.6) is 0 Å². The molecule has 0 saturated carbocycles. The first-order chi connectivity index (χ1) is 16.0. The lowest BCUT2D eigenvalue weighted by Crippen LogP contribution is -2.03. The molecule has 5 aromatic rings. The second kappa shape index (κ2) is 8.67. The minimum absolute atomic E-state index is 0.429. The van der Waals surface area contributed by atoms with Gasteiger partial charge in [0.25, 0.3) is 0 Å². The Labute approximate surface area is 195 Å². The molecule has 0 unspecified atom stereocenters. The number of hydrogen-bond acceptors (Lipinski definition) is 2. The molecule has 0 bridgehead atoms. The summed E-state index contributed by atoms with van der Waals surface area (Å²) < 4.78 is 2.32. The molecule has 0 amide bonds. The highest BCUT2D eigenvalue weighted by molar-refractivity contribution is 5.97. The maximum Gasteiger partial charge on any atom is 0.160 e. The molecule has 2 aromatic heterocycles. The van der Waals surface area contributed by atoms with Crippen LogP contribution in [0.2, 0.25) is 0 Å². The van der Waals surface area contributed by atoms with Gasteiger partial charge in [-0.2, -0.15) is 0 Å². The van der Waals surface area contributed by atoms with Crippen LogP contribution in [0.15, 0.2) is 85.1 Å². The highest BCUT2D eigenvalue weighted by Crippen LogP contribution is 2.39. The molecule has 2 heterocycles. The molecule has 5 rings (SSSR count). The van der Waals surface area contributed by atoms with E-state index >= 15 is 0 Å². The summed E-state index contributed by atoms with van der Waals surface area (Å²) in [4.78, 5) is 9.91. The van der Waals surface area contributed by atoms with Gasteiger partial charge in [-0.3, -0.25) is 4.98 Å². The lowest BCUT2D eigenvalue weighted by atomic mass is 9.88. The number of imidazole rings is 1. The minimum atomic E-state index is 0.429. The summed E-state index contributed by atoms with van der Waals surface area (Å²) in [6, 6.07) is 27.7. The van der Waals surface area contributed by atoms with Crippen molar-refractivity contribution in [2.45, 2.75) is 40.2 Å². The molecule has 33 heavy (non-hydrogen) atoms. The molecule has 164 valence electrons. The van der Waals surface area contributed by atoms with Crippen molar-refractivity contribution >= 4 is 11.0 Å². The van der Waals surface area contributed by atoms with Crippen molar-refractivity contribution in [1.29, 1.82) is 0 Å². The van der Waals surface area contributed by atoms with Crippen LogP contribution in [0.4, 0.5) is 0 Å². The molecule has 0 aliphatic carbocycles. The summed E-state index contributed by atoms with van der Waals surface area (Å²) >= 11 is 0. The summed E-state index contributed by atoms with van der Waals surface area (Å²) in [6.45, 7) is 9.69. The van der Waals surface area contributed by atoms with E-state index in [9.17, 15) is 0 Å². The number of pyridine rings is 1. The summed E-state index contributed by atoms with van der Waals surface area (Å²) in [6.07, 6.45) is 1.84. The predicted octanol–water partition coefficient (Wildman–Crippen LogP) is 7.55. The van der Waals surface area contributed by atoms with Gasteiger partial charge >= 0.3 is 0 Å². The van der Waals surface area contributed by atoms with Crippen LogP contribution in [0.3, 0.4) is 0 Å². The Bertz CT molecular complexity index is 1410. The van der Waals surface area contributed by atoms with Gasteiger partial charge in [-0.1, -0.05) is 74.5 Å². The average molecular weight is 432 g/mol. The zero-order chi connectivity index (χ0) is 22.9. The summed E-state index contributed by atoms with van der Waals surface area (Å²) in [5.41, 5.74) is 10.8. The number of fused-ring (bicyclic) bond motifs is 1. The number of nitrogens with zero attached hydrogens (tertiary/aromatic N) is 3. The second-order valence-electron chi connectivity index (χ2n) is 9.03. The van der Waals surface area contributed by atoms with Crippen molar-refractivity contribution in [2.75, 3.05) is 0 Å². The number of aromatic nitrogens is 3. The van der Waals surface area contributed by atoms with Crippen LogP contribution >= 0.6 is 0 Å². The SMILES string of the molecule is Cc1cc2c(nc(-c3ccccn3)n2Cc2ccccc2)c(-c2ccccc2C(C)C)c1C. The van der Waals surface area contributed by atoms with Crippen LogP contribution in [0.25, 0.3) is 33.7 Å². The Kier molecular flexibility index (Phi) is 5.55. The summed E-state index contributed by atoms with van der Waals surface area (Å²) in [5.74, 6) is 1.33. The summed E-state index contributed by atoms with van der Waals surface area (Å²) in [7, 11) is 0. The van der Waals surface area contributed by atoms with E-state index in [1.165, 1.54) is 33.4 Å². The topological polar surface area (TPSA) is 30.7 Å². The van der Waals surface area contributed by atoms with Crippen LogP contribution in [-0.2, 0) is 6.54 Å². The highest BCUT2D eigenvalue weighted by atomic mass is 15.1. The zero-order valence-electron chi connectivity index (χ0n) is 19.7. The number of rotatable bonds is 5. The molecule has 0 saturated heterocycles. The Balaban J connectivity index is 1.85. The van der Waals surface area contributed by atoms with Gasteiger partial charge in [0.2, 0.25) is 0 Å². The van der Waals surface area contributed by atoms with Gasteiger partial charge in [0, 0.05) is 18.3 Å². The van der Waals surface area contributed by atoms with Crippen molar-refractivity contribution in [3.8, 4) is 22.6 Å². The van der Waals surface area contributed by atoms with Crippen molar-refractivity contribution in [2.24, 2.45) is 0 Å². The Morgan fingerprint density at radius 1 is 0.848 bits per heavy atom. The lowest BCUT2D eigenvalue weighted by Gasteiger charge is -2.17. The molecule has 3 aromatic carbocycles. The van der Waals surface area contributed by atoms with E-state index in [2.05, 4.69) is 97.9 Å². The molecule has 3 heteroatoms. The van der Waals surface area contributed by atoms with E-state index in [0.717, 1.165) is 29.1 Å². The fraction of sp³-hybridized carbons (Fsp3) is 0.200. The second-order valence-corrected chi connectivity index (χ2v) is 9.03. The molecule has 0 spiro atoms. The molecule has 0 aliphatic heterocycles. The Morgan fingerprint density at radius 3 is 2.30 bits per heavy atom. The van der Waals surface area contributed by atoms with Gasteiger partial charge in [-0.05, 0) is 65.8 Å². The maximum atomic E-state index is 5.26. The third kappa shape index (κ3) is 3.84. The largest absolute Gasteiger partial charge is 0.318 e. The van der Waals surface area contributed by atoms with Gasteiger partial charge in [-0.25, -0.2) is 4.98 Å². The molecule has 3 nitrogen and oxygen atoms in total. The molecule has 0 radical (unpaired) electrons. The standard InChI is InChI=1S/C30H29N3/c1-20(2)24-14-8-9-15-25(24)28-22(4)21(3)18-27-29(28)32-30(26-16-10-11-17-31-26)33(27)19-23-12-6-5-7-13-23/h5-18,20H,19H2,1-4H3. The van der Waals surface area contributed by atoms with E-state index < -0.39 is 0 Å². The number of aryl methyl sites for hydroxylation is 1. The summed E-state index contributed by atoms with van der Waals surface area (Å²) in [5, 5.41) is 0.